The van der Waals surface area contributed by atoms with Crippen LogP contribution in [0.15, 0.2) is 30.3 Å². The highest BCUT2D eigenvalue weighted by Gasteiger charge is 2.46. The van der Waals surface area contributed by atoms with Gasteiger partial charge in [0.1, 0.15) is 0 Å². The SMILES string of the molecule is CCC(C)(CC(C)(CC(C)c1ccccc1)C(=O)OC)C(=O)OCOC(C)=O. The smallest absolute Gasteiger partial charge is 0.314 e. The van der Waals surface area contributed by atoms with Crippen LogP contribution in [0.4, 0.5) is 0 Å². The summed E-state index contributed by atoms with van der Waals surface area (Å²) in [7, 11) is 1.36. The summed E-state index contributed by atoms with van der Waals surface area (Å²) in [4.78, 5) is 36.2. The van der Waals surface area contributed by atoms with E-state index in [9.17, 15) is 14.4 Å². The fourth-order valence-electron chi connectivity index (χ4n) is 3.59. The molecule has 0 N–H and O–H groups in total. The predicted octanol–water partition coefficient (Wildman–Crippen LogP) is 4.23. The van der Waals surface area contributed by atoms with Crippen LogP contribution < -0.4 is 0 Å². The molecule has 0 spiro atoms. The van der Waals surface area contributed by atoms with E-state index >= 15 is 0 Å². The molecular formula is C22H32O6. The lowest BCUT2D eigenvalue weighted by atomic mass is 9.67. The van der Waals surface area contributed by atoms with Crippen LogP contribution >= 0.6 is 0 Å². The number of carbonyl (C=O) groups is 3. The first-order valence-corrected chi connectivity index (χ1v) is 9.52. The summed E-state index contributed by atoms with van der Waals surface area (Å²) in [6.45, 7) is 8.32. The fourth-order valence-corrected chi connectivity index (χ4v) is 3.59. The van der Waals surface area contributed by atoms with Gasteiger partial charge in [-0.25, -0.2) is 0 Å². The molecule has 0 aromatic heterocycles. The molecule has 156 valence electrons. The molecule has 0 radical (unpaired) electrons. The second kappa shape index (κ2) is 10.2. The van der Waals surface area contributed by atoms with Crippen molar-refractivity contribution in [2.45, 2.75) is 59.8 Å². The van der Waals surface area contributed by atoms with Gasteiger partial charge in [0.05, 0.1) is 17.9 Å². The molecule has 6 nitrogen and oxygen atoms in total. The second-order valence-corrected chi connectivity index (χ2v) is 7.84. The van der Waals surface area contributed by atoms with Crippen LogP contribution in [0, 0.1) is 10.8 Å². The fraction of sp³-hybridized carbons (Fsp3) is 0.591. The Balaban J connectivity index is 3.02. The van der Waals surface area contributed by atoms with Crippen LogP contribution in [0.2, 0.25) is 0 Å². The van der Waals surface area contributed by atoms with Gasteiger partial charge in [-0.1, -0.05) is 44.2 Å². The zero-order chi connectivity index (χ0) is 21.4. The van der Waals surface area contributed by atoms with E-state index in [1.165, 1.54) is 14.0 Å². The van der Waals surface area contributed by atoms with E-state index in [0.29, 0.717) is 12.8 Å². The minimum atomic E-state index is -0.917. The van der Waals surface area contributed by atoms with Gasteiger partial charge in [-0.3, -0.25) is 14.4 Å². The maximum atomic E-state index is 12.7. The van der Waals surface area contributed by atoms with E-state index in [2.05, 4.69) is 6.92 Å². The Hall–Kier alpha value is -2.37. The van der Waals surface area contributed by atoms with Crippen LogP contribution in [-0.2, 0) is 28.6 Å². The summed E-state index contributed by atoms with van der Waals surface area (Å²) < 4.78 is 14.9. The Morgan fingerprint density at radius 2 is 1.61 bits per heavy atom. The van der Waals surface area contributed by atoms with Crippen LogP contribution in [0.25, 0.3) is 0 Å². The van der Waals surface area contributed by atoms with Gasteiger partial charge in [-0.2, -0.15) is 0 Å². The third kappa shape index (κ3) is 6.36. The summed E-state index contributed by atoms with van der Waals surface area (Å²) in [5.41, 5.74) is -0.678. The first kappa shape index (κ1) is 23.7. The van der Waals surface area contributed by atoms with Crippen molar-refractivity contribution in [1.29, 1.82) is 0 Å². The number of carbonyl (C=O) groups excluding carboxylic acids is 3. The van der Waals surface area contributed by atoms with Gasteiger partial charge in [0.2, 0.25) is 6.79 Å². The zero-order valence-electron chi connectivity index (χ0n) is 17.7. The minimum absolute atomic E-state index is 0.100. The third-order valence-electron chi connectivity index (χ3n) is 5.31. The van der Waals surface area contributed by atoms with Gasteiger partial charge >= 0.3 is 17.9 Å². The zero-order valence-corrected chi connectivity index (χ0v) is 17.7. The maximum absolute atomic E-state index is 12.7. The molecule has 3 unspecified atom stereocenters. The van der Waals surface area contributed by atoms with E-state index in [-0.39, 0.29) is 18.3 Å². The molecule has 0 amide bonds. The quantitative estimate of drug-likeness (QED) is 0.438. The molecule has 0 aliphatic heterocycles. The van der Waals surface area contributed by atoms with E-state index in [1.807, 2.05) is 44.2 Å². The molecule has 0 fully saturated rings. The maximum Gasteiger partial charge on any atom is 0.314 e. The van der Waals surface area contributed by atoms with Gasteiger partial charge < -0.3 is 14.2 Å². The molecule has 1 rings (SSSR count). The Kier molecular flexibility index (Phi) is 8.66. The lowest BCUT2D eigenvalue weighted by Gasteiger charge is -2.37. The molecule has 1 aromatic rings. The molecule has 3 atom stereocenters. The average Bonchev–Trinajstić information content (AvgIpc) is 2.67. The number of rotatable bonds is 10. The first-order chi connectivity index (χ1) is 13.1. The highest BCUT2D eigenvalue weighted by Crippen LogP contribution is 2.44. The first-order valence-electron chi connectivity index (χ1n) is 9.52. The summed E-state index contributed by atoms with van der Waals surface area (Å²) >= 11 is 0. The Morgan fingerprint density at radius 3 is 2.11 bits per heavy atom. The summed E-state index contributed by atoms with van der Waals surface area (Å²) in [5.74, 6) is -1.29. The number of methoxy groups -OCH3 is 1. The van der Waals surface area contributed by atoms with Crippen LogP contribution in [0.1, 0.15) is 65.4 Å². The number of hydrogen-bond acceptors (Lipinski definition) is 6. The number of benzene rings is 1. The summed E-state index contributed by atoms with van der Waals surface area (Å²) in [6.07, 6.45) is 1.26. The lowest BCUT2D eigenvalue weighted by molar-refractivity contribution is -0.176. The van der Waals surface area contributed by atoms with E-state index in [4.69, 9.17) is 14.2 Å². The van der Waals surface area contributed by atoms with Gasteiger partial charge in [0.25, 0.3) is 0 Å². The summed E-state index contributed by atoms with van der Waals surface area (Å²) in [6, 6.07) is 9.92. The van der Waals surface area contributed by atoms with Crippen molar-refractivity contribution in [1.82, 2.24) is 0 Å². The van der Waals surface area contributed by atoms with E-state index in [1.54, 1.807) is 6.92 Å². The lowest BCUT2D eigenvalue weighted by Crippen LogP contribution is -2.41. The monoisotopic (exact) mass is 392 g/mol. The van der Waals surface area contributed by atoms with Crippen molar-refractivity contribution in [3.8, 4) is 0 Å². The number of ether oxygens (including phenoxy) is 3. The second-order valence-electron chi connectivity index (χ2n) is 7.84. The standard InChI is InChI=1S/C22H32O6/c1-7-21(4,20(25)28-15-27-17(3)23)14-22(5,19(24)26-6)13-16(2)18-11-9-8-10-12-18/h8-12,16H,7,13-15H2,1-6H3. The molecule has 6 heteroatoms. The van der Waals surface area contributed by atoms with E-state index in [0.717, 1.165) is 5.56 Å². The van der Waals surface area contributed by atoms with Crippen molar-refractivity contribution in [3.63, 3.8) is 0 Å². The molecule has 0 heterocycles. The van der Waals surface area contributed by atoms with Crippen molar-refractivity contribution in [2.24, 2.45) is 10.8 Å². The number of esters is 3. The molecular weight excluding hydrogens is 360 g/mol. The van der Waals surface area contributed by atoms with Crippen molar-refractivity contribution < 1.29 is 28.6 Å². The average molecular weight is 392 g/mol. The normalized spacial score (nSPS) is 16.2. The minimum Gasteiger partial charge on any atom is -0.469 e. The van der Waals surface area contributed by atoms with Gasteiger partial charge in [-0.05, 0) is 44.6 Å². The Morgan fingerprint density at radius 1 is 1.00 bits per heavy atom. The highest BCUT2D eigenvalue weighted by molar-refractivity contribution is 5.80. The van der Waals surface area contributed by atoms with Crippen LogP contribution in [-0.4, -0.2) is 31.8 Å². The molecule has 0 saturated carbocycles. The summed E-state index contributed by atoms with van der Waals surface area (Å²) in [5, 5.41) is 0. The topological polar surface area (TPSA) is 78.9 Å². The molecule has 1 aromatic carbocycles. The molecule has 0 aliphatic rings. The van der Waals surface area contributed by atoms with Gasteiger partial charge in [-0.15, -0.1) is 0 Å². The largest absolute Gasteiger partial charge is 0.469 e. The predicted molar refractivity (Wildman–Crippen MR) is 105 cm³/mol. The number of hydrogen-bond donors (Lipinski definition) is 0. The van der Waals surface area contributed by atoms with Crippen LogP contribution in [0.3, 0.4) is 0 Å². The Bertz CT molecular complexity index is 671. The highest BCUT2D eigenvalue weighted by atomic mass is 16.7. The van der Waals surface area contributed by atoms with Crippen molar-refractivity contribution in [2.75, 3.05) is 13.9 Å². The Labute approximate surface area is 167 Å². The van der Waals surface area contributed by atoms with Gasteiger partial charge in [0, 0.05) is 6.92 Å². The van der Waals surface area contributed by atoms with Crippen molar-refractivity contribution in [3.05, 3.63) is 35.9 Å². The van der Waals surface area contributed by atoms with E-state index < -0.39 is 29.6 Å². The molecule has 0 bridgehead atoms. The molecule has 0 aliphatic carbocycles. The molecule has 0 saturated heterocycles. The van der Waals surface area contributed by atoms with Crippen LogP contribution in [0.5, 0.6) is 0 Å². The molecule has 28 heavy (non-hydrogen) atoms. The van der Waals surface area contributed by atoms with Gasteiger partial charge in [0.15, 0.2) is 0 Å². The third-order valence-corrected chi connectivity index (χ3v) is 5.31. The van der Waals surface area contributed by atoms with Crippen molar-refractivity contribution >= 4 is 17.9 Å².